The Kier molecular flexibility index (Phi) is 11.0. The van der Waals surface area contributed by atoms with Crippen LogP contribution < -0.4 is 4.90 Å². The van der Waals surface area contributed by atoms with Crippen LogP contribution >= 0.6 is 0 Å². The number of benzene rings is 2. The summed E-state index contributed by atoms with van der Waals surface area (Å²) in [4.78, 5) is 13.7. The van der Waals surface area contributed by atoms with Crippen molar-refractivity contribution in [3.8, 4) is 0 Å². The third kappa shape index (κ3) is 9.31. The highest BCUT2D eigenvalue weighted by Crippen LogP contribution is 2.23. The number of azo groups is 1. The van der Waals surface area contributed by atoms with Crippen molar-refractivity contribution in [3.63, 3.8) is 0 Å². The molecule has 2 rings (SSSR count). The number of rotatable bonds is 14. The van der Waals surface area contributed by atoms with Gasteiger partial charge in [-0.05, 0) is 68.3 Å². The number of esters is 1. The van der Waals surface area contributed by atoms with Crippen LogP contribution in [0.2, 0.25) is 0 Å². The van der Waals surface area contributed by atoms with Gasteiger partial charge in [-0.25, -0.2) is 8.42 Å². The van der Waals surface area contributed by atoms with E-state index >= 15 is 0 Å². The molecule has 0 aromatic heterocycles. The van der Waals surface area contributed by atoms with E-state index in [2.05, 4.69) is 15.1 Å². The number of nitrogens with zero attached hydrogens (tertiary/aromatic N) is 3. The van der Waals surface area contributed by atoms with Crippen molar-refractivity contribution in [1.29, 1.82) is 0 Å². The van der Waals surface area contributed by atoms with E-state index in [4.69, 9.17) is 9.84 Å². The Balaban J connectivity index is 1.89. The molecule has 2 aromatic rings. The third-order valence-electron chi connectivity index (χ3n) is 5.05. The van der Waals surface area contributed by atoms with Crippen molar-refractivity contribution < 1.29 is 23.1 Å². The van der Waals surface area contributed by atoms with Gasteiger partial charge in [-0.1, -0.05) is 12.8 Å². The molecule has 0 heterocycles. The van der Waals surface area contributed by atoms with Crippen molar-refractivity contribution in [1.82, 2.24) is 0 Å². The van der Waals surface area contributed by atoms with Crippen LogP contribution in [0.4, 0.5) is 17.1 Å². The number of carbonyl (C=O) groups excluding carboxylic acids is 1. The maximum atomic E-state index is 12.4. The topological polar surface area (TPSA) is 109 Å². The molecule has 0 spiro atoms. The molecule has 2 aromatic carbocycles. The van der Waals surface area contributed by atoms with Gasteiger partial charge < -0.3 is 14.7 Å². The Bertz CT molecular complexity index is 990. The van der Waals surface area contributed by atoms with Crippen LogP contribution in [0.3, 0.4) is 0 Å². The van der Waals surface area contributed by atoms with Gasteiger partial charge in [0.05, 0.1) is 35.1 Å². The minimum absolute atomic E-state index is 0.134. The molecule has 1 N–H and O–H groups in total. The van der Waals surface area contributed by atoms with Gasteiger partial charge in [0.1, 0.15) is 0 Å². The standard InChI is InChI=1S/C24H33N3O5S/c1-3-32-24(29)16-19-33(30,31)23-14-10-21(11-15-23)26-25-20-8-12-22(13-9-20)27(2)17-6-4-5-7-18-28/h8-15,28H,3-7,16-19H2,1-2H3. The molecule has 0 aliphatic carbocycles. The lowest BCUT2D eigenvalue weighted by Crippen LogP contribution is -2.18. The van der Waals surface area contributed by atoms with E-state index in [0.29, 0.717) is 11.4 Å². The summed E-state index contributed by atoms with van der Waals surface area (Å²) in [5.74, 6) is -0.822. The molecule has 8 nitrogen and oxygen atoms in total. The summed E-state index contributed by atoms with van der Waals surface area (Å²) in [5.41, 5.74) is 2.32. The number of unbranched alkanes of at least 4 members (excludes halogenated alkanes) is 3. The van der Waals surface area contributed by atoms with Gasteiger partial charge in [-0.2, -0.15) is 10.2 Å². The van der Waals surface area contributed by atoms with Crippen LogP contribution in [-0.2, 0) is 19.4 Å². The Labute approximate surface area is 196 Å². The second-order valence-corrected chi connectivity index (χ2v) is 9.75. The smallest absolute Gasteiger partial charge is 0.306 e. The molecule has 0 aliphatic heterocycles. The van der Waals surface area contributed by atoms with Crippen LogP contribution in [0.15, 0.2) is 63.7 Å². The molecule has 0 bridgehead atoms. The minimum Gasteiger partial charge on any atom is -0.466 e. The number of aliphatic hydroxyl groups excluding tert-OH is 1. The highest BCUT2D eigenvalue weighted by Gasteiger charge is 2.17. The lowest BCUT2D eigenvalue weighted by atomic mass is 10.2. The van der Waals surface area contributed by atoms with Crippen LogP contribution in [0.5, 0.6) is 0 Å². The number of ether oxygens (including phenoxy) is 1. The molecule has 9 heteroatoms. The largest absolute Gasteiger partial charge is 0.466 e. The van der Waals surface area contributed by atoms with Crippen LogP contribution in [0.25, 0.3) is 0 Å². The number of sulfone groups is 1. The molecule has 0 aliphatic rings. The van der Waals surface area contributed by atoms with Crippen molar-refractivity contribution in [2.45, 2.75) is 43.9 Å². The number of hydrogen-bond donors (Lipinski definition) is 1. The number of hydrogen-bond acceptors (Lipinski definition) is 8. The average molecular weight is 476 g/mol. The van der Waals surface area contributed by atoms with E-state index in [-0.39, 0.29) is 30.3 Å². The summed E-state index contributed by atoms with van der Waals surface area (Å²) < 4.78 is 29.5. The molecular formula is C24H33N3O5S. The Morgan fingerprint density at radius 1 is 0.939 bits per heavy atom. The fraction of sp³-hybridized carbons (Fsp3) is 0.458. The van der Waals surface area contributed by atoms with Gasteiger partial charge in [0.15, 0.2) is 9.84 Å². The lowest BCUT2D eigenvalue weighted by Gasteiger charge is -2.19. The first kappa shape index (κ1) is 26.5. The summed E-state index contributed by atoms with van der Waals surface area (Å²) in [6, 6.07) is 13.8. The molecule has 0 unspecified atom stereocenters. The lowest BCUT2D eigenvalue weighted by molar-refractivity contribution is -0.142. The zero-order chi connectivity index (χ0) is 24.1. The van der Waals surface area contributed by atoms with E-state index in [9.17, 15) is 13.2 Å². The Morgan fingerprint density at radius 3 is 2.09 bits per heavy atom. The van der Waals surface area contributed by atoms with Crippen molar-refractivity contribution in [2.75, 3.05) is 37.5 Å². The molecule has 0 saturated carbocycles. The number of carbonyl (C=O) groups is 1. The molecule has 180 valence electrons. The molecule has 33 heavy (non-hydrogen) atoms. The average Bonchev–Trinajstić information content (AvgIpc) is 2.82. The number of anilines is 1. The third-order valence-corrected chi connectivity index (χ3v) is 6.78. The van der Waals surface area contributed by atoms with Crippen molar-refractivity contribution >= 4 is 32.9 Å². The maximum absolute atomic E-state index is 12.4. The highest BCUT2D eigenvalue weighted by molar-refractivity contribution is 7.91. The fourth-order valence-corrected chi connectivity index (χ4v) is 4.34. The van der Waals surface area contributed by atoms with E-state index in [0.717, 1.165) is 37.9 Å². The Hall–Kier alpha value is -2.78. The second-order valence-electron chi connectivity index (χ2n) is 7.64. The number of aliphatic hydroxyl groups is 1. The molecule has 0 saturated heterocycles. The van der Waals surface area contributed by atoms with E-state index in [1.807, 2.05) is 31.3 Å². The molecule has 0 fully saturated rings. The van der Waals surface area contributed by atoms with E-state index in [1.54, 1.807) is 19.1 Å². The van der Waals surface area contributed by atoms with Crippen molar-refractivity contribution in [3.05, 3.63) is 48.5 Å². The zero-order valence-electron chi connectivity index (χ0n) is 19.3. The van der Waals surface area contributed by atoms with E-state index in [1.165, 1.54) is 12.1 Å². The molecular weight excluding hydrogens is 442 g/mol. The van der Waals surface area contributed by atoms with Gasteiger partial charge in [0.25, 0.3) is 0 Å². The Morgan fingerprint density at radius 2 is 1.52 bits per heavy atom. The van der Waals surface area contributed by atoms with Gasteiger partial charge >= 0.3 is 5.97 Å². The van der Waals surface area contributed by atoms with Crippen LogP contribution in [0, 0.1) is 0 Å². The quantitative estimate of drug-likeness (QED) is 0.238. The minimum atomic E-state index is -3.57. The summed E-state index contributed by atoms with van der Waals surface area (Å²) in [7, 11) is -1.52. The summed E-state index contributed by atoms with van der Waals surface area (Å²) in [5, 5.41) is 17.2. The molecule has 0 radical (unpaired) electrons. The summed E-state index contributed by atoms with van der Waals surface area (Å²) >= 11 is 0. The summed E-state index contributed by atoms with van der Waals surface area (Å²) in [6.07, 6.45) is 3.91. The van der Waals surface area contributed by atoms with Crippen LogP contribution in [0.1, 0.15) is 39.0 Å². The van der Waals surface area contributed by atoms with Gasteiger partial charge in [-0.3, -0.25) is 4.79 Å². The highest BCUT2D eigenvalue weighted by atomic mass is 32.2. The molecule has 0 amide bonds. The first-order valence-corrected chi connectivity index (χ1v) is 12.8. The first-order valence-electron chi connectivity index (χ1n) is 11.2. The van der Waals surface area contributed by atoms with Gasteiger partial charge in [0, 0.05) is 25.9 Å². The van der Waals surface area contributed by atoms with E-state index < -0.39 is 15.8 Å². The zero-order valence-corrected chi connectivity index (χ0v) is 20.1. The maximum Gasteiger partial charge on any atom is 0.306 e. The molecule has 0 atom stereocenters. The predicted molar refractivity (Wildman–Crippen MR) is 129 cm³/mol. The normalized spacial score (nSPS) is 11.6. The predicted octanol–water partition coefficient (Wildman–Crippen LogP) is 4.82. The van der Waals surface area contributed by atoms with Gasteiger partial charge in [0.2, 0.25) is 0 Å². The first-order chi connectivity index (χ1) is 15.9. The van der Waals surface area contributed by atoms with Gasteiger partial charge in [-0.15, -0.1) is 0 Å². The summed E-state index contributed by atoms with van der Waals surface area (Å²) in [6.45, 7) is 3.11. The fourth-order valence-electron chi connectivity index (χ4n) is 3.12. The monoisotopic (exact) mass is 475 g/mol. The van der Waals surface area contributed by atoms with Crippen LogP contribution in [-0.4, -0.2) is 52.1 Å². The van der Waals surface area contributed by atoms with Crippen molar-refractivity contribution in [2.24, 2.45) is 10.2 Å². The SMILES string of the molecule is CCOC(=O)CCS(=O)(=O)c1ccc(N=Nc2ccc(N(C)CCCCCCO)cc2)cc1. The second kappa shape index (κ2) is 13.7.